The van der Waals surface area contributed by atoms with E-state index in [0.29, 0.717) is 0 Å². The van der Waals surface area contributed by atoms with Crippen molar-refractivity contribution >= 4 is 37.6 Å². The molecule has 0 saturated heterocycles. The molecule has 1 rings (SSSR count). The van der Waals surface area contributed by atoms with Crippen LogP contribution in [0, 0.1) is 0 Å². The van der Waals surface area contributed by atoms with Crippen molar-refractivity contribution in [1.82, 2.24) is 0 Å². The summed E-state index contributed by atoms with van der Waals surface area (Å²) < 4.78 is 37.3. The van der Waals surface area contributed by atoms with Crippen LogP contribution < -0.4 is 0 Å². The van der Waals surface area contributed by atoms with E-state index in [4.69, 9.17) is 0 Å². The average Bonchev–Trinajstić information content (AvgIpc) is 2.14. The van der Waals surface area contributed by atoms with Gasteiger partial charge in [-0.2, -0.15) is 13.2 Å². The van der Waals surface area contributed by atoms with Gasteiger partial charge in [0, 0.05) is 4.47 Å². The lowest BCUT2D eigenvalue weighted by atomic mass is 10.1. The molecule has 0 unspecified atom stereocenters. The molecule has 0 spiro atoms. The number of hydrogen-bond acceptors (Lipinski definition) is 2. The molecule has 0 heterocycles. The topological polar surface area (TPSA) is 37.3 Å². The number of aromatic hydroxyl groups is 1. The van der Waals surface area contributed by atoms with Crippen LogP contribution in [0.15, 0.2) is 16.6 Å². The van der Waals surface area contributed by atoms with E-state index in [1.165, 1.54) is 0 Å². The van der Waals surface area contributed by atoms with Gasteiger partial charge in [0.2, 0.25) is 0 Å². The summed E-state index contributed by atoms with van der Waals surface area (Å²) in [5.41, 5.74) is -1.59. The molecule has 7 heteroatoms. The van der Waals surface area contributed by atoms with Gasteiger partial charge in [0.25, 0.3) is 0 Å². The van der Waals surface area contributed by atoms with Crippen molar-refractivity contribution in [3.63, 3.8) is 0 Å². The summed E-state index contributed by atoms with van der Waals surface area (Å²) in [5.74, 6) is -1.66. The fraction of sp³-hybridized carbons (Fsp3) is 0.222. The number of benzene rings is 1. The minimum Gasteiger partial charge on any atom is -0.507 e. The van der Waals surface area contributed by atoms with E-state index < -0.39 is 23.3 Å². The molecule has 2 nitrogen and oxygen atoms in total. The number of ketones is 1. The number of carbonyl (C=O) groups excluding carboxylic acids is 1. The number of hydrogen-bond donors (Lipinski definition) is 1. The highest BCUT2D eigenvalue weighted by Gasteiger charge is 2.37. The quantitative estimate of drug-likeness (QED) is 0.643. The van der Waals surface area contributed by atoms with Crippen molar-refractivity contribution in [2.24, 2.45) is 0 Å². The first kappa shape index (κ1) is 13.5. The lowest BCUT2D eigenvalue weighted by Crippen LogP contribution is -2.10. The summed E-state index contributed by atoms with van der Waals surface area (Å²) >= 11 is 5.51. The largest absolute Gasteiger partial charge is 0.507 e. The highest BCUT2D eigenvalue weighted by atomic mass is 79.9. The van der Waals surface area contributed by atoms with Crippen LogP contribution in [0.25, 0.3) is 0 Å². The molecule has 88 valence electrons. The van der Waals surface area contributed by atoms with Crippen molar-refractivity contribution in [3.8, 4) is 5.75 Å². The summed E-state index contributed by atoms with van der Waals surface area (Å²) in [4.78, 5) is 11.2. The lowest BCUT2D eigenvalue weighted by Gasteiger charge is -2.13. The Morgan fingerprint density at radius 2 is 1.94 bits per heavy atom. The van der Waals surface area contributed by atoms with Crippen LogP contribution in [-0.2, 0) is 6.18 Å². The Labute approximate surface area is 106 Å². The Morgan fingerprint density at radius 1 is 1.38 bits per heavy atom. The van der Waals surface area contributed by atoms with Crippen molar-refractivity contribution < 1.29 is 23.1 Å². The van der Waals surface area contributed by atoms with Gasteiger partial charge in [-0.25, -0.2) is 0 Å². The van der Waals surface area contributed by atoms with Gasteiger partial charge in [-0.3, -0.25) is 4.79 Å². The maximum absolute atomic E-state index is 12.5. The Hall–Kier alpha value is -0.560. The van der Waals surface area contributed by atoms with E-state index in [2.05, 4.69) is 31.9 Å². The first-order valence-electron chi connectivity index (χ1n) is 3.97. The molecular weight excluding hydrogens is 357 g/mol. The van der Waals surface area contributed by atoms with Gasteiger partial charge in [-0.05, 0) is 12.1 Å². The van der Waals surface area contributed by atoms with E-state index in [0.717, 1.165) is 12.1 Å². The second-order valence-electron chi connectivity index (χ2n) is 2.87. The van der Waals surface area contributed by atoms with Crippen molar-refractivity contribution in [2.75, 3.05) is 5.33 Å². The monoisotopic (exact) mass is 360 g/mol. The number of carbonyl (C=O) groups is 1. The fourth-order valence-corrected chi connectivity index (χ4v) is 1.98. The van der Waals surface area contributed by atoms with Crippen LogP contribution in [0.3, 0.4) is 0 Å². The van der Waals surface area contributed by atoms with Gasteiger partial charge in [0.05, 0.1) is 10.9 Å². The second-order valence-corrected chi connectivity index (χ2v) is 4.29. The maximum Gasteiger partial charge on any atom is 0.421 e. The molecule has 0 aliphatic heterocycles. The molecular formula is C9H5Br2F3O2. The molecule has 1 aromatic rings. The number of phenols is 1. The van der Waals surface area contributed by atoms with Crippen LogP contribution >= 0.6 is 31.9 Å². The molecule has 0 amide bonds. The highest BCUT2D eigenvalue weighted by Crippen LogP contribution is 2.42. The summed E-state index contributed by atoms with van der Waals surface area (Å²) in [7, 11) is 0. The Morgan fingerprint density at radius 3 is 2.38 bits per heavy atom. The van der Waals surface area contributed by atoms with Crippen molar-refractivity contribution in [3.05, 3.63) is 27.7 Å². The zero-order valence-electron chi connectivity index (χ0n) is 7.61. The molecule has 0 fully saturated rings. The first-order valence-corrected chi connectivity index (χ1v) is 5.88. The average molecular weight is 362 g/mol. The number of phenolic OH excluding ortho intramolecular Hbond substituents is 1. The summed E-state index contributed by atoms with van der Waals surface area (Å²) in [6, 6.07) is 2.22. The second kappa shape index (κ2) is 4.75. The summed E-state index contributed by atoms with van der Waals surface area (Å²) in [5, 5.41) is 9.26. The number of alkyl halides is 4. The van der Waals surface area contributed by atoms with Gasteiger partial charge in [0.1, 0.15) is 11.3 Å². The maximum atomic E-state index is 12.5. The predicted octanol–water partition coefficient (Wildman–Crippen LogP) is 3.75. The van der Waals surface area contributed by atoms with E-state index in [1.54, 1.807) is 0 Å². The molecule has 0 saturated carbocycles. The van der Waals surface area contributed by atoms with Gasteiger partial charge in [-0.1, -0.05) is 31.9 Å². The fourth-order valence-electron chi connectivity index (χ4n) is 1.13. The third kappa shape index (κ3) is 2.57. The molecule has 16 heavy (non-hydrogen) atoms. The van der Waals surface area contributed by atoms with E-state index in [-0.39, 0.29) is 15.4 Å². The molecule has 1 N–H and O–H groups in total. The van der Waals surface area contributed by atoms with Crippen molar-refractivity contribution in [1.29, 1.82) is 0 Å². The smallest absolute Gasteiger partial charge is 0.421 e. The minimum atomic E-state index is -4.72. The first-order chi connectivity index (χ1) is 7.29. The van der Waals surface area contributed by atoms with E-state index >= 15 is 0 Å². The highest BCUT2D eigenvalue weighted by molar-refractivity contribution is 9.10. The third-order valence-corrected chi connectivity index (χ3v) is 3.00. The normalized spacial score (nSPS) is 11.6. The Balaban J connectivity index is 3.45. The van der Waals surface area contributed by atoms with Gasteiger partial charge < -0.3 is 5.11 Å². The predicted molar refractivity (Wildman–Crippen MR) is 58.9 cm³/mol. The van der Waals surface area contributed by atoms with Crippen LogP contribution in [0.2, 0.25) is 0 Å². The van der Waals surface area contributed by atoms with E-state index in [1.807, 2.05) is 0 Å². The lowest BCUT2D eigenvalue weighted by molar-refractivity contribution is -0.139. The molecule has 0 bridgehead atoms. The number of rotatable bonds is 2. The van der Waals surface area contributed by atoms with Crippen LogP contribution in [0.4, 0.5) is 13.2 Å². The molecule has 0 radical (unpaired) electrons. The van der Waals surface area contributed by atoms with E-state index in [9.17, 15) is 23.1 Å². The molecule has 0 aliphatic rings. The van der Waals surface area contributed by atoms with Crippen LogP contribution in [-0.4, -0.2) is 16.2 Å². The SMILES string of the molecule is O=C(CBr)c1ccc(Br)c(C(F)(F)F)c1O. The minimum absolute atomic E-state index is 0.153. The third-order valence-electron chi connectivity index (χ3n) is 1.83. The van der Waals surface area contributed by atoms with Gasteiger partial charge in [0.15, 0.2) is 5.78 Å². The number of halogens is 5. The summed E-state index contributed by atoms with van der Waals surface area (Å²) in [6.45, 7) is 0. The molecule has 1 aromatic carbocycles. The zero-order valence-corrected chi connectivity index (χ0v) is 10.8. The Bertz CT molecular complexity index is 429. The summed E-state index contributed by atoms with van der Waals surface area (Å²) in [6.07, 6.45) is -4.72. The van der Waals surface area contributed by atoms with Gasteiger partial charge >= 0.3 is 6.18 Å². The molecule has 0 aromatic heterocycles. The van der Waals surface area contributed by atoms with Gasteiger partial charge in [-0.15, -0.1) is 0 Å². The number of Topliss-reactive ketones (excluding diaryl/α,β-unsaturated/α-hetero) is 1. The van der Waals surface area contributed by atoms with Crippen LogP contribution in [0.5, 0.6) is 5.75 Å². The Kier molecular flexibility index (Phi) is 4.01. The standard InChI is InChI=1S/C9H5Br2F3O2/c10-3-6(15)4-1-2-5(11)7(8(4)16)9(12,13)14/h1-2,16H,3H2. The van der Waals surface area contributed by atoms with Crippen LogP contribution in [0.1, 0.15) is 15.9 Å². The molecule has 0 atom stereocenters. The molecule has 0 aliphatic carbocycles. The zero-order chi connectivity index (χ0) is 12.5. The van der Waals surface area contributed by atoms with Crippen molar-refractivity contribution in [2.45, 2.75) is 6.18 Å².